The molecule has 5 rings (SSSR count). The number of nitrogens with zero attached hydrogens (tertiary/aromatic N) is 2. The number of carbonyl (C=O) groups excluding carboxylic acids is 2. The Hall–Kier alpha value is -2.74. The molecular weight excluding hydrogens is 414 g/mol. The van der Waals surface area contributed by atoms with E-state index in [4.69, 9.17) is 9.47 Å². The molecule has 1 N–H and O–H groups in total. The number of nitrogens with one attached hydrogen (secondary N) is 1. The van der Waals surface area contributed by atoms with Gasteiger partial charge < -0.3 is 19.7 Å². The van der Waals surface area contributed by atoms with Gasteiger partial charge in [-0.25, -0.2) is 4.79 Å². The van der Waals surface area contributed by atoms with E-state index in [2.05, 4.69) is 22.8 Å². The lowest BCUT2D eigenvalue weighted by Crippen LogP contribution is -2.44. The highest BCUT2D eigenvalue weighted by molar-refractivity contribution is 7.10. The van der Waals surface area contributed by atoms with Crippen LogP contribution < -0.4 is 19.7 Å². The minimum Gasteiger partial charge on any atom is -0.486 e. The summed E-state index contributed by atoms with van der Waals surface area (Å²) in [6.45, 7) is 2.83. The zero-order valence-electron chi connectivity index (χ0n) is 17.5. The summed E-state index contributed by atoms with van der Waals surface area (Å²) in [4.78, 5) is 30.3. The van der Waals surface area contributed by atoms with Crippen molar-refractivity contribution in [1.82, 2.24) is 10.2 Å². The van der Waals surface area contributed by atoms with Crippen LogP contribution in [0.5, 0.6) is 11.5 Å². The van der Waals surface area contributed by atoms with Crippen LogP contribution >= 0.6 is 11.3 Å². The molecule has 164 valence electrons. The van der Waals surface area contributed by atoms with E-state index in [9.17, 15) is 9.59 Å². The summed E-state index contributed by atoms with van der Waals surface area (Å²) < 4.78 is 11.2. The minimum atomic E-state index is -0.152. The summed E-state index contributed by atoms with van der Waals surface area (Å²) in [6.07, 6.45) is 4.61. The molecule has 7 nitrogen and oxygen atoms in total. The van der Waals surface area contributed by atoms with E-state index in [1.165, 1.54) is 17.7 Å². The van der Waals surface area contributed by atoms with Crippen LogP contribution in [0.25, 0.3) is 0 Å². The number of fused-ring (bicyclic) bond motifs is 1. The smallest absolute Gasteiger partial charge is 0.325 e. The summed E-state index contributed by atoms with van der Waals surface area (Å²) in [5.74, 6) is 1.26. The number of hydrogen-bond donors (Lipinski definition) is 1. The van der Waals surface area contributed by atoms with Crippen LogP contribution in [-0.2, 0) is 10.2 Å². The number of thiophene rings is 1. The van der Waals surface area contributed by atoms with Gasteiger partial charge in [-0.1, -0.05) is 18.9 Å². The fourth-order valence-electron chi connectivity index (χ4n) is 4.81. The Labute approximate surface area is 185 Å². The molecule has 1 saturated heterocycles. The van der Waals surface area contributed by atoms with Crippen molar-refractivity contribution in [3.8, 4) is 11.5 Å². The third kappa shape index (κ3) is 3.96. The van der Waals surface area contributed by atoms with Crippen LogP contribution in [0.15, 0.2) is 35.7 Å². The third-order valence-corrected chi connectivity index (χ3v) is 7.61. The standard InChI is InChI=1S/C23H27N3O4S/c27-21(24-16-23(7-1-2-8-23)20-4-3-13-31-20)15-25-9-10-26(22(25)28)17-5-6-18-19(14-17)30-12-11-29-18/h3-6,13-14H,1-2,7-12,15-16H2,(H,24,27). The fourth-order valence-corrected chi connectivity index (χ4v) is 5.80. The third-order valence-electron chi connectivity index (χ3n) is 6.50. The Balaban J connectivity index is 1.19. The van der Waals surface area contributed by atoms with Gasteiger partial charge in [-0.2, -0.15) is 0 Å². The second kappa shape index (κ2) is 8.42. The molecule has 2 aromatic rings. The van der Waals surface area contributed by atoms with Gasteiger partial charge in [0.25, 0.3) is 0 Å². The number of anilines is 1. The average molecular weight is 442 g/mol. The maximum Gasteiger partial charge on any atom is 0.325 e. The second-order valence-corrected chi connectivity index (χ2v) is 9.37. The molecule has 0 radical (unpaired) electrons. The highest BCUT2D eigenvalue weighted by Crippen LogP contribution is 2.42. The van der Waals surface area contributed by atoms with Gasteiger partial charge in [0.05, 0.1) is 0 Å². The summed E-state index contributed by atoms with van der Waals surface area (Å²) in [5.41, 5.74) is 0.815. The topological polar surface area (TPSA) is 71.1 Å². The summed E-state index contributed by atoms with van der Waals surface area (Å²) in [7, 11) is 0. The summed E-state index contributed by atoms with van der Waals surface area (Å²) in [6, 6.07) is 9.63. The minimum absolute atomic E-state index is 0.0517. The van der Waals surface area contributed by atoms with E-state index in [0.29, 0.717) is 44.3 Å². The lowest BCUT2D eigenvalue weighted by Gasteiger charge is -2.28. The predicted octanol–water partition coefficient (Wildman–Crippen LogP) is 3.39. The molecule has 0 unspecified atom stereocenters. The van der Waals surface area contributed by atoms with Gasteiger partial charge in [-0.15, -0.1) is 11.3 Å². The number of hydrogen-bond acceptors (Lipinski definition) is 5. The molecule has 1 aliphatic carbocycles. The summed E-state index contributed by atoms with van der Waals surface area (Å²) >= 11 is 1.77. The Morgan fingerprint density at radius 1 is 1.10 bits per heavy atom. The SMILES string of the molecule is O=C(CN1CCN(c2ccc3c(c2)OCCO3)C1=O)NCC1(c2cccs2)CCCC1. The molecular formula is C23H27N3O4S. The van der Waals surface area contributed by atoms with Gasteiger partial charge in [0.1, 0.15) is 19.8 Å². The molecule has 8 heteroatoms. The molecule has 1 aromatic heterocycles. The van der Waals surface area contributed by atoms with Gasteiger partial charge in [0, 0.05) is 41.7 Å². The average Bonchev–Trinajstić information content (AvgIpc) is 3.55. The molecule has 2 fully saturated rings. The zero-order valence-corrected chi connectivity index (χ0v) is 18.3. The first-order chi connectivity index (χ1) is 15.1. The molecule has 2 aliphatic heterocycles. The van der Waals surface area contributed by atoms with Crippen LogP contribution in [0.2, 0.25) is 0 Å². The molecule has 0 spiro atoms. The van der Waals surface area contributed by atoms with E-state index in [1.54, 1.807) is 21.1 Å². The first-order valence-corrected chi connectivity index (χ1v) is 11.8. The van der Waals surface area contributed by atoms with Gasteiger partial charge >= 0.3 is 6.03 Å². The highest BCUT2D eigenvalue weighted by atomic mass is 32.1. The van der Waals surface area contributed by atoms with Gasteiger partial charge in [-0.3, -0.25) is 9.69 Å². The van der Waals surface area contributed by atoms with Crippen molar-refractivity contribution in [3.63, 3.8) is 0 Å². The second-order valence-electron chi connectivity index (χ2n) is 8.43. The Morgan fingerprint density at radius 2 is 1.90 bits per heavy atom. The van der Waals surface area contributed by atoms with Crippen molar-refractivity contribution in [2.24, 2.45) is 0 Å². The maximum atomic E-state index is 12.9. The van der Waals surface area contributed by atoms with E-state index in [-0.39, 0.29) is 23.9 Å². The first kappa shape index (κ1) is 20.2. The predicted molar refractivity (Wildman–Crippen MR) is 119 cm³/mol. The molecule has 0 atom stereocenters. The van der Waals surface area contributed by atoms with Gasteiger partial charge in [-0.05, 0) is 36.4 Å². The normalized spacial score (nSPS) is 19.7. The lowest BCUT2D eigenvalue weighted by atomic mass is 9.84. The van der Waals surface area contributed by atoms with E-state index < -0.39 is 0 Å². The molecule has 31 heavy (non-hydrogen) atoms. The first-order valence-electron chi connectivity index (χ1n) is 10.9. The van der Waals surface area contributed by atoms with E-state index in [1.807, 2.05) is 18.2 Å². The van der Waals surface area contributed by atoms with Crippen LogP contribution in [-0.4, -0.2) is 56.2 Å². The number of rotatable bonds is 6. The summed E-state index contributed by atoms with van der Waals surface area (Å²) in [5, 5.41) is 5.22. The van der Waals surface area contributed by atoms with Crippen molar-refractivity contribution in [3.05, 3.63) is 40.6 Å². The molecule has 1 aromatic carbocycles. The van der Waals surface area contributed by atoms with E-state index in [0.717, 1.165) is 18.5 Å². The number of benzene rings is 1. The number of amides is 3. The van der Waals surface area contributed by atoms with Crippen LogP contribution in [0.3, 0.4) is 0 Å². The monoisotopic (exact) mass is 441 g/mol. The van der Waals surface area contributed by atoms with Crippen molar-refractivity contribution in [2.45, 2.75) is 31.1 Å². The fraction of sp³-hybridized carbons (Fsp3) is 0.478. The Bertz CT molecular complexity index is 956. The highest BCUT2D eigenvalue weighted by Gasteiger charge is 2.37. The number of urea groups is 1. The van der Waals surface area contributed by atoms with Crippen LogP contribution in [0.1, 0.15) is 30.6 Å². The van der Waals surface area contributed by atoms with Crippen molar-refractivity contribution < 1.29 is 19.1 Å². The van der Waals surface area contributed by atoms with Crippen molar-refractivity contribution >= 4 is 29.0 Å². The lowest BCUT2D eigenvalue weighted by molar-refractivity contribution is -0.121. The largest absolute Gasteiger partial charge is 0.486 e. The van der Waals surface area contributed by atoms with Gasteiger partial charge in [0.2, 0.25) is 5.91 Å². The molecule has 3 amide bonds. The van der Waals surface area contributed by atoms with Crippen molar-refractivity contribution in [1.29, 1.82) is 0 Å². The number of carbonyl (C=O) groups is 2. The number of ether oxygens (including phenoxy) is 2. The van der Waals surface area contributed by atoms with Gasteiger partial charge in [0.15, 0.2) is 11.5 Å². The van der Waals surface area contributed by atoms with E-state index >= 15 is 0 Å². The quantitative estimate of drug-likeness (QED) is 0.746. The molecule has 0 bridgehead atoms. The van der Waals surface area contributed by atoms with Crippen molar-refractivity contribution in [2.75, 3.05) is 44.3 Å². The maximum absolute atomic E-state index is 12.9. The Kier molecular flexibility index (Phi) is 5.48. The molecule has 3 heterocycles. The zero-order chi connectivity index (χ0) is 21.3. The van der Waals surface area contributed by atoms with Crippen LogP contribution in [0, 0.1) is 0 Å². The molecule has 1 saturated carbocycles. The molecule has 3 aliphatic rings. The van der Waals surface area contributed by atoms with Crippen LogP contribution in [0.4, 0.5) is 10.5 Å². The Morgan fingerprint density at radius 3 is 2.68 bits per heavy atom.